The van der Waals surface area contributed by atoms with Crippen LogP contribution in [-0.4, -0.2) is 0 Å². The summed E-state index contributed by atoms with van der Waals surface area (Å²) in [5, 5.41) is 8.39. The SMILES string of the molecule is [Br][Ru][C]1=CC=CC1.c1ccc(P(c2ccccc2)c2ccccc2)cc1.c1ccc(P(c2ccccc2)c2ccccc2)cc1. The van der Waals surface area contributed by atoms with Gasteiger partial charge in [0.2, 0.25) is 0 Å². The van der Waals surface area contributed by atoms with Crippen molar-refractivity contribution in [2.75, 3.05) is 0 Å². The molecule has 1 aliphatic carbocycles. The summed E-state index contributed by atoms with van der Waals surface area (Å²) in [6.45, 7) is 0. The predicted molar refractivity (Wildman–Crippen MR) is 201 cm³/mol. The van der Waals surface area contributed by atoms with E-state index >= 15 is 0 Å². The normalized spacial score (nSPS) is 11.8. The van der Waals surface area contributed by atoms with E-state index in [0.717, 1.165) is 0 Å². The van der Waals surface area contributed by atoms with E-state index in [9.17, 15) is 0 Å². The zero-order chi connectivity index (χ0) is 30.9. The molecule has 6 aromatic carbocycles. The smallest absolute Gasteiger partial charge is 0.0134 e. The molecule has 0 saturated heterocycles. The largest absolute Gasteiger partial charge is 0.0622 e. The summed E-state index contributed by atoms with van der Waals surface area (Å²) in [5.74, 6) is 0. The second kappa shape index (κ2) is 18.7. The summed E-state index contributed by atoms with van der Waals surface area (Å²) in [6.07, 6.45) is 7.67. The van der Waals surface area contributed by atoms with E-state index in [1.165, 1.54) is 38.2 Å². The Labute approximate surface area is 285 Å². The molecular weight excluding hydrogens is 735 g/mol. The first-order chi connectivity index (χ1) is 22.3. The van der Waals surface area contributed by atoms with Crippen molar-refractivity contribution in [1.29, 1.82) is 0 Å². The van der Waals surface area contributed by atoms with Crippen LogP contribution in [0.1, 0.15) is 6.42 Å². The van der Waals surface area contributed by atoms with Crippen molar-refractivity contribution in [3.05, 3.63) is 204 Å². The third kappa shape index (κ3) is 10.1. The number of hydrogen-bond donors (Lipinski definition) is 0. The van der Waals surface area contributed by atoms with E-state index in [-0.39, 0.29) is 0 Å². The number of benzene rings is 6. The Bertz CT molecular complexity index is 1420. The van der Waals surface area contributed by atoms with E-state index in [4.69, 9.17) is 0 Å². The maximum absolute atomic E-state index is 3.46. The Hall–Kier alpha value is -3.24. The van der Waals surface area contributed by atoms with Crippen LogP contribution in [0.2, 0.25) is 0 Å². The van der Waals surface area contributed by atoms with Crippen LogP contribution in [0.3, 0.4) is 0 Å². The van der Waals surface area contributed by atoms with Gasteiger partial charge in [-0.05, 0) is 47.7 Å². The molecule has 1 aliphatic rings. The Morgan fingerprint density at radius 2 is 0.622 bits per heavy atom. The van der Waals surface area contributed by atoms with E-state index < -0.39 is 15.8 Å². The Morgan fingerprint density at radius 3 is 0.778 bits per heavy atom. The molecule has 4 heteroatoms. The third-order valence-electron chi connectivity index (χ3n) is 6.89. The minimum atomic E-state index is -0.446. The molecule has 0 bridgehead atoms. The monoisotopic (exact) mass is 770 g/mol. The fraction of sp³-hybridized carbons (Fsp3) is 0.0244. The molecule has 0 spiro atoms. The van der Waals surface area contributed by atoms with E-state index in [2.05, 4.69) is 214 Å². The summed E-state index contributed by atoms with van der Waals surface area (Å²) >= 11 is 3.82. The first kappa shape index (κ1) is 33.1. The van der Waals surface area contributed by atoms with Crippen LogP contribution in [0.5, 0.6) is 0 Å². The number of rotatable bonds is 7. The minimum absolute atomic E-state index is 0.363. The van der Waals surface area contributed by atoms with Crippen molar-refractivity contribution < 1.29 is 15.2 Å². The zero-order valence-corrected chi connectivity index (χ0v) is 30.0. The summed E-state index contributed by atoms with van der Waals surface area (Å²) < 4.78 is 1.56. The van der Waals surface area contributed by atoms with Gasteiger partial charge < -0.3 is 0 Å². The molecule has 0 unspecified atom stereocenters. The van der Waals surface area contributed by atoms with Crippen molar-refractivity contribution in [3.63, 3.8) is 0 Å². The molecule has 0 nitrogen and oxygen atoms in total. The van der Waals surface area contributed by atoms with Gasteiger partial charge in [-0.3, -0.25) is 0 Å². The molecule has 0 fully saturated rings. The van der Waals surface area contributed by atoms with Gasteiger partial charge in [0.15, 0.2) is 0 Å². The maximum atomic E-state index is 3.46. The summed E-state index contributed by atoms with van der Waals surface area (Å²) in [6, 6.07) is 64.7. The van der Waals surface area contributed by atoms with Crippen LogP contribution >= 0.6 is 29.5 Å². The molecule has 6 aromatic rings. The molecule has 0 aromatic heterocycles. The van der Waals surface area contributed by atoms with Gasteiger partial charge in [0.05, 0.1) is 0 Å². The van der Waals surface area contributed by atoms with Gasteiger partial charge in [0, 0.05) is 0 Å². The van der Waals surface area contributed by atoms with Gasteiger partial charge in [0.25, 0.3) is 0 Å². The predicted octanol–water partition coefficient (Wildman–Crippen LogP) is 9.11. The average molecular weight is 771 g/mol. The fourth-order valence-electron chi connectivity index (χ4n) is 4.82. The molecule has 0 radical (unpaired) electrons. The van der Waals surface area contributed by atoms with Gasteiger partial charge in [0.1, 0.15) is 0 Å². The van der Waals surface area contributed by atoms with Crippen LogP contribution in [0.15, 0.2) is 204 Å². The summed E-state index contributed by atoms with van der Waals surface area (Å²) in [5.41, 5.74) is 0. The molecule has 0 heterocycles. The summed E-state index contributed by atoms with van der Waals surface area (Å²) in [4.78, 5) is 0. The number of allylic oxidation sites excluding steroid dienone is 4. The van der Waals surface area contributed by atoms with E-state index in [1.54, 1.807) is 4.17 Å². The minimum Gasteiger partial charge on any atom is -0.0622 e. The molecular formula is C41H35BrP2Ru. The van der Waals surface area contributed by atoms with Crippen molar-refractivity contribution in [2.24, 2.45) is 0 Å². The van der Waals surface area contributed by atoms with Crippen LogP contribution in [0, 0.1) is 0 Å². The molecule has 0 atom stereocenters. The van der Waals surface area contributed by atoms with Crippen molar-refractivity contribution in [1.82, 2.24) is 0 Å². The van der Waals surface area contributed by atoms with Gasteiger partial charge >= 0.3 is 57.6 Å². The molecule has 0 aliphatic heterocycles. The molecule has 0 amide bonds. The van der Waals surface area contributed by atoms with Crippen LogP contribution in [0.4, 0.5) is 0 Å². The molecule has 7 rings (SSSR count). The standard InChI is InChI=1S/2C18H15P.C5H5.BrH.Ru/c2*1-4-10-16(11-5-1)19(17-12-6-2-7-13-17)18-14-8-3-9-15-18;1-2-4-5-3-1;;/h2*1-15H;1-3H,4H2;1H;/q;;;;+1/p-1. The van der Waals surface area contributed by atoms with Gasteiger partial charge in [-0.2, -0.15) is 0 Å². The Kier molecular flexibility index (Phi) is 13.7. The zero-order valence-electron chi connectivity index (χ0n) is 24.9. The van der Waals surface area contributed by atoms with Crippen LogP contribution in [-0.2, 0) is 15.2 Å². The summed E-state index contributed by atoms with van der Waals surface area (Å²) in [7, 11) is -0.892. The Morgan fingerprint density at radius 1 is 0.378 bits per heavy atom. The van der Waals surface area contributed by atoms with Crippen LogP contribution < -0.4 is 31.8 Å². The second-order valence-electron chi connectivity index (χ2n) is 9.98. The van der Waals surface area contributed by atoms with Crippen molar-refractivity contribution in [3.8, 4) is 0 Å². The van der Waals surface area contributed by atoms with Gasteiger partial charge in [-0.1, -0.05) is 182 Å². The average Bonchev–Trinajstić information content (AvgIpc) is 3.67. The fourth-order valence-corrected chi connectivity index (χ4v) is 11.3. The van der Waals surface area contributed by atoms with Gasteiger partial charge in [-0.15, -0.1) is 0 Å². The third-order valence-corrected chi connectivity index (χ3v) is 15.0. The molecule has 45 heavy (non-hydrogen) atoms. The van der Waals surface area contributed by atoms with E-state index in [1.807, 2.05) is 0 Å². The molecule has 0 N–H and O–H groups in total. The van der Waals surface area contributed by atoms with Crippen molar-refractivity contribution >= 4 is 61.3 Å². The first-order valence-corrected chi connectivity index (χ1v) is 22.4. The van der Waals surface area contributed by atoms with E-state index in [0.29, 0.717) is 15.2 Å². The molecule has 0 saturated carbocycles. The quantitative estimate of drug-likeness (QED) is 0.112. The van der Waals surface area contributed by atoms with Crippen LogP contribution in [0.25, 0.3) is 0 Å². The van der Waals surface area contributed by atoms with Crippen molar-refractivity contribution in [2.45, 2.75) is 6.42 Å². The topological polar surface area (TPSA) is 0 Å². The Balaban J connectivity index is 0.000000147. The molecule has 224 valence electrons. The first-order valence-electron chi connectivity index (χ1n) is 14.8. The maximum Gasteiger partial charge on any atom is -0.0134 e. The number of hydrogen-bond acceptors (Lipinski definition) is 0. The second-order valence-corrected chi connectivity index (χ2v) is 17.5. The number of halogens is 1. The van der Waals surface area contributed by atoms with Gasteiger partial charge in [-0.25, -0.2) is 0 Å².